The Labute approximate surface area is 190 Å². The molecule has 0 spiro atoms. The first kappa shape index (κ1) is 22.5. The van der Waals surface area contributed by atoms with E-state index in [1.54, 1.807) is 24.3 Å². The molecule has 0 fully saturated rings. The predicted molar refractivity (Wildman–Crippen MR) is 114 cm³/mol. The Morgan fingerprint density at radius 1 is 1.03 bits per heavy atom. The SMILES string of the molecule is O=C(Cc1ccccc1Cl)Nc1onc(-c2cccc(C(F)(F)F)c2F)c1-c1ccncc1. The first-order valence-electron chi connectivity index (χ1n) is 9.55. The van der Waals surface area contributed by atoms with Gasteiger partial charge in [0, 0.05) is 23.0 Å². The summed E-state index contributed by atoms with van der Waals surface area (Å²) in [4.78, 5) is 16.5. The van der Waals surface area contributed by atoms with Crippen molar-refractivity contribution in [1.29, 1.82) is 0 Å². The predicted octanol–water partition coefficient (Wildman–Crippen LogP) is 6.40. The Morgan fingerprint density at radius 3 is 2.45 bits per heavy atom. The molecule has 1 N–H and O–H groups in total. The van der Waals surface area contributed by atoms with Crippen LogP contribution in [0.2, 0.25) is 5.02 Å². The van der Waals surface area contributed by atoms with E-state index in [0.29, 0.717) is 22.2 Å². The van der Waals surface area contributed by atoms with E-state index in [2.05, 4.69) is 15.5 Å². The van der Waals surface area contributed by atoms with E-state index in [4.69, 9.17) is 16.1 Å². The van der Waals surface area contributed by atoms with Gasteiger partial charge < -0.3 is 4.52 Å². The van der Waals surface area contributed by atoms with E-state index in [1.807, 2.05) is 0 Å². The quantitative estimate of drug-likeness (QED) is 0.339. The minimum Gasteiger partial charge on any atom is -0.337 e. The van der Waals surface area contributed by atoms with E-state index < -0.39 is 29.0 Å². The molecular weight excluding hydrogens is 462 g/mol. The van der Waals surface area contributed by atoms with Gasteiger partial charge in [0.05, 0.1) is 17.5 Å². The van der Waals surface area contributed by atoms with Crippen molar-refractivity contribution < 1.29 is 26.9 Å². The number of aromatic nitrogens is 2. The summed E-state index contributed by atoms with van der Waals surface area (Å²) in [5, 5.41) is 6.72. The molecule has 5 nitrogen and oxygen atoms in total. The van der Waals surface area contributed by atoms with Crippen LogP contribution in [0.1, 0.15) is 11.1 Å². The number of nitrogens with one attached hydrogen (secondary N) is 1. The number of hydrogen-bond acceptors (Lipinski definition) is 4. The van der Waals surface area contributed by atoms with Crippen LogP contribution in [-0.2, 0) is 17.4 Å². The molecule has 33 heavy (non-hydrogen) atoms. The molecule has 0 radical (unpaired) electrons. The van der Waals surface area contributed by atoms with Gasteiger partial charge in [0.1, 0.15) is 11.5 Å². The lowest BCUT2D eigenvalue weighted by Crippen LogP contribution is -2.14. The molecule has 0 bridgehead atoms. The van der Waals surface area contributed by atoms with E-state index in [9.17, 15) is 22.4 Å². The van der Waals surface area contributed by atoms with Crippen molar-refractivity contribution in [3.63, 3.8) is 0 Å². The molecule has 0 saturated carbocycles. The van der Waals surface area contributed by atoms with Gasteiger partial charge in [-0.05, 0) is 41.5 Å². The lowest BCUT2D eigenvalue weighted by atomic mass is 9.99. The fraction of sp³-hybridized carbons (Fsp3) is 0.0870. The topological polar surface area (TPSA) is 68.0 Å². The fourth-order valence-corrected chi connectivity index (χ4v) is 3.47. The van der Waals surface area contributed by atoms with Gasteiger partial charge in [0.15, 0.2) is 0 Å². The van der Waals surface area contributed by atoms with Crippen molar-refractivity contribution in [2.75, 3.05) is 5.32 Å². The Bertz CT molecular complexity index is 1310. The van der Waals surface area contributed by atoms with Crippen molar-refractivity contribution >= 4 is 23.4 Å². The van der Waals surface area contributed by atoms with Crippen molar-refractivity contribution in [2.45, 2.75) is 12.6 Å². The van der Waals surface area contributed by atoms with Gasteiger partial charge in [0.25, 0.3) is 0 Å². The zero-order valence-electron chi connectivity index (χ0n) is 16.7. The Morgan fingerprint density at radius 2 is 1.76 bits per heavy atom. The van der Waals surface area contributed by atoms with Crippen LogP contribution in [0, 0.1) is 5.82 Å². The summed E-state index contributed by atoms with van der Waals surface area (Å²) in [6.07, 6.45) is -2.12. The summed E-state index contributed by atoms with van der Waals surface area (Å²) in [5.74, 6) is -2.15. The lowest BCUT2D eigenvalue weighted by molar-refractivity contribution is -0.139. The van der Waals surface area contributed by atoms with Crippen LogP contribution in [-0.4, -0.2) is 16.0 Å². The van der Waals surface area contributed by atoms with Crippen LogP contribution in [0.4, 0.5) is 23.4 Å². The van der Waals surface area contributed by atoms with Crippen LogP contribution in [0.3, 0.4) is 0 Å². The summed E-state index contributed by atoms with van der Waals surface area (Å²) < 4.78 is 59.8. The molecule has 0 aliphatic carbocycles. The smallest absolute Gasteiger partial charge is 0.337 e. The van der Waals surface area contributed by atoms with E-state index in [1.165, 1.54) is 24.5 Å². The minimum atomic E-state index is -4.90. The zero-order chi connectivity index (χ0) is 23.6. The van der Waals surface area contributed by atoms with Gasteiger partial charge in [-0.25, -0.2) is 4.39 Å². The van der Waals surface area contributed by atoms with Crippen LogP contribution in [0.15, 0.2) is 71.5 Å². The number of benzene rings is 2. The first-order chi connectivity index (χ1) is 15.8. The molecule has 0 aliphatic heterocycles. The average molecular weight is 476 g/mol. The second-order valence-electron chi connectivity index (χ2n) is 6.95. The summed E-state index contributed by atoms with van der Waals surface area (Å²) in [7, 11) is 0. The maximum atomic E-state index is 14.8. The van der Waals surface area contributed by atoms with Crippen LogP contribution >= 0.6 is 11.6 Å². The highest BCUT2D eigenvalue weighted by molar-refractivity contribution is 6.31. The highest BCUT2D eigenvalue weighted by Gasteiger charge is 2.36. The van der Waals surface area contributed by atoms with Crippen LogP contribution in [0.25, 0.3) is 22.4 Å². The normalized spacial score (nSPS) is 11.4. The molecule has 1 amide bonds. The maximum absolute atomic E-state index is 14.8. The number of amides is 1. The number of anilines is 1. The third kappa shape index (κ3) is 4.73. The Hall–Kier alpha value is -3.72. The number of halogens is 5. The number of carbonyl (C=O) groups excluding carboxylic acids is 1. The van der Waals surface area contributed by atoms with Gasteiger partial charge in [-0.15, -0.1) is 0 Å². The fourth-order valence-electron chi connectivity index (χ4n) is 3.27. The number of alkyl halides is 3. The Kier molecular flexibility index (Phi) is 6.15. The van der Waals surface area contributed by atoms with Gasteiger partial charge in [0.2, 0.25) is 11.8 Å². The second kappa shape index (κ2) is 9.03. The zero-order valence-corrected chi connectivity index (χ0v) is 17.4. The highest BCUT2D eigenvalue weighted by atomic mass is 35.5. The third-order valence-electron chi connectivity index (χ3n) is 4.78. The third-order valence-corrected chi connectivity index (χ3v) is 5.15. The standard InChI is InChI=1S/C23H14ClF4N3O2/c24-17-7-2-1-4-14(17)12-18(32)30-22-19(13-8-10-29-11-9-13)21(31-33-22)15-5-3-6-16(20(15)25)23(26,27)28/h1-11H,12H2,(H,30,32). The summed E-state index contributed by atoms with van der Waals surface area (Å²) in [6.45, 7) is 0. The lowest BCUT2D eigenvalue weighted by Gasteiger charge is -2.11. The van der Waals surface area contributed by atoms with Crippen molar-refractivity contribution in [3.8, 4) is 22.4 Å². The van der Waals surface area contributed by atoms with E-state index in [0.717, 1.165) is 12.1 Å². The van der Waals surface area contributed by atoms with Gasteiger partial charge in [-0.2, -0.15) is 13.2 Å². The first-order valence-corrected chi connectivity index (χ1v) is 9.93. The number of rotatable bonds is 5. The molecule has 2 aromatic carbocycles. The highest BCUT2D eigenvalue weighted by Crippen LogP contribution is 2.41. The summed E-state index contributed by atoms with van der Waals surface area (Å²) in [5.41, 5.74) is -0.974. The average Bonchev–Trinajstić information content (AvgIpc) is 3.18. The molecular formula is C23H14ClF4N3O2. The largest absolute Gasteiger partial charge is 0.419 e. The van der Waals surface area contributed by atoms with E-state index in [-0.39, 0.29) is 23.6 Å². The van der Waals surface area contributed by atoms with E-state index >= 15 is 0 Å². The number of nitrogens with zero attached hydrogens (tertiary/aromatic N) is 2. The van der Waals surface area contributed by atoms with Gasteiger partial charge in [-0.3, -0.25) is 15.1 Å². The molecule has 0 atom stereocenters. The second-order valence-corrected chi connectivity index (χ2v) is 7.36. The number of carbonyl (C=O) groups is 1. The molecule has 4 aromatic rings. The maximum Gasteiger partial charge on any atom is 0.419 e. The molecule has 168 valence electrons. The minimum absolute atomic E-state index is 0.0938. The van der Waals surface area contributed by atoms with Crippen molar-refractivity contribution in [2.24, 2.45) is 0 Å². The van der Waals surface area contributed by atoms with Crippen LogP contribution in [0.5, 0.6) is 0 Å². The molecule has 4 rings (SSSR count). The van der Waals surface area contributed by atoms with Crippen molar-refractivity contribution in [1.82, 2.24) is 10.1 Å². The van der Waals surface area contributed by atoms with Crippen molar-refractivity contribution in [3.05, 3.63) is 89.0 Å². The van der Waals surface area contributed by atoms with Crippen LogP contribution < -0.4 is 5.32 Å². The molecule has 2 aromatic heterocycles. The molecule has 0 saturated heterocycles. The summed E-state index contributed by atoms with van der Waals surface area (Å²) in [6, 6.07) is 12.7. The number of hydrogen-bond donors (Lipinski definition) is 1. The Balaban J connectivity index is 1.77. The molecule has 0 unspecified atom stereocenters. The molecule has 2 heterocycles. The monoisotopic (exact) mass is 475 g/mol. The van der Waals surface area contributed by atoms with Gasteiger partial charge in [-0.1, -0.05) is 41.0 Å². The molecule has 0 aliphatic rings. The molecule has 10 heteroatoms. The number of pyridine rings is 1. The summed E-state index contributed by atoms with van der Waals surface area (Å²) >= 11 is 6.10. The van der Waals surface area contributed by atoms with Gasteiger partial charge >= 0.3 is 6.18 Å².